The minimum atomic E-state index is -0.219. The minimum absolute atomic E-state index is 0.204. The average molecular weight is 326 g/mol. The van der Waals surface area contributed by atoms with E-state index >= 15 is 0 Å². The number of hydrogen-bond donors (Lipinski definition) is 2. The van der Waals surface area contributed by atoms with Crippen LogP contribution in [0.3, 0.4) is 0 Å². The highest BCUT2D eigenvalue weighted by Crippen LogP contribution is 2.23. The Labute approximate surface area is 143 Å². The van der Waals surface area contributed by atoms with Gasteiger partial charge in [-0.1, -0.05) is 31.0 Å². The number of hydrogen-bond acceptors (Lipinski definition) is 4. The van der Waals surface area contributed by atoms with Gasteiger partial charge in [-0.3, -0.25) is 4.98 Å². The molecule has 0 spiro atoms. The lowest BCUT2D eigenvalue weighted by molar-refractivity contribution is 0.0859. The third-order valence-corrected chi connectivity index (χ3v) is 4.70. The molecular formula is C20H26N2O2. The molecular weight excluding hydrogens is 300 g/mol. The molecule has 1 aromatic carbocycles. The van der Waals surface area contributed by atoms with E-state index in [1.807, 2.05) is 30.5 Å². The summed E-state index contributed by atoms with van der Waals surface area (Å²) < 4.78 is 5.79. The molecule has 2 N–H and O–H groups in total. The molecule has 3 atom stereocenters. The second-order valence-corrected chi connectivity index (χ2v) is 6.57. The van der Waals surface area contributed by atoms with E-state index in [4.69, 9.17) is 4.74 Å². The number of rotatable bonds is 6. The van der Waals surface area contributed by atoms with E-state index in [2.05, 4.69) is 29.4 Å². The molecule has 0 aliphatic heterocycles. The van der Waals surface area contributed by atoms with Crippen LogP contribution in [0, 0.1) is 0 Å². The first-order chi connectivity index (χ1) is 11.7. The molecule has 1 fully saturated rings. The van der Waals surface area contributed by atoms with Crippen LogP contribution >= 0.6 is 0 Å². The van der Waals surface area contributed by atoms with Crippen molar-refractivity contribution in [3.8, 4) is 5.75 Å². The number of aliphatic hydroxyl groups excluding tert-OH is 1. The number of nitrogens with one attached hydrogen (secondary N) is 1. The summed E-state index contributed by atoms with van der Waals surface area (Å²) in [6, 6.07) is 12.5. The maximum absolute atomic E-state index is 10.1. The average Bonchev–Trinajstić information content (AvgIpc) is 2.63. The van der Waals surface area contributed by atoms with E-state index in [0.29, 0.717) is 6.61 Å². The maximum atomic E-state index is 10.1. The summed E-state index contributed by atoms with van der Waals surface area (Å²) in [5.41, 5.74) is 2.27. The highest BCUT2D eigenvalue weighted by atomic mass is 16.5. The summed E-state index contributed by atoms with van der Waals surface area (Å²) in [6.45, 7) is 2.67. The van der Waals surface area contributed by atoms with Crippen LogP contribution in [0.2, 0.25) is 0 Å². The summed E-state index contributed by atoms with van der Waals surface area (Å²) in [5.74, 6) is 0.854. The molecule has 0 saturated heterocycles. The molecule has 1 heterocycles. The van der Waals surface area contributed by atoms with E-state index in [9.17, 15) is 5.11 Å². The topological polar surface area (TPSA) is 54.4 Å². The lowest BCUT2D eigenvalue weighted by Gasteiger charge is -2.31. The molecule has 0 bridgehead atoms. The van der Waals surface area contributed by atoms with Crippen molar-refractivity contribution in [2.45, 2.75) is 57.4 Å². The van der Waals surface area contributed by atoms with Crippen LogP contribution in [-0.4, -0.2) is 22.2 Å². The molecule has 128 valence electrons. The number of nitrogens with zero attached hydrogens (tertiary/aromatic N) is 1. The predicted molar refractivity (Wildman–Crippen MR) is 94.8 cm³/mol. The normalized spacial score (nSPS) is 22.1. The van der Waals surface area contributed by atoms with E-state index < -0.39 is 0 Å². The van der Waals surface area contributed by atoms with Gasteiger partial charge >= 0.3 is 0 Å². The van der Waals surface area contributed by atoms with Crippen LogP contribution < -0.4 is 10.1 Å². The summed E-state index contributed by atoms with van der Waals surface area (Å²) in [6.07, 6.45) is 7.65. The van der Waals surface area contributed by atoms with Gasteiger partial charge in [-0.05, 0) is 43.5 Å². The first-order valence-electron chi connectivity index (χ1n) is 8.78. The number of benzene rings is 1. The van der Waals surface area contributed by atoms with Gasteiger partial charge in [0.1, 0.15) is 12.4 Å². The van der Waals surface area contributed by atoms with Gasteiger partial charge in [0.25, 0.3) is 0 Å². The zero-order valence-corrected chi connectivity index (χ0v) is 14.2. The molecule has 1 aliphatic carbocycles. The van der Waals surface area contributed by atoms with Gasteiger partial charge in [0.2, 0.25) is 0 Å². The first kappa shape index (κ1) is 16.9. The highest BCUT2D eigenvalue weighted by molar-refractivity contribution is 5.29. The van der Waals surface area contributed by atoms with E-state index in [0.717, 1.165) is 30.6 Å². The Balaban J connectivity index is 1.53. The van der Waals surface area contributed by atoms with Crippen LogP contribution in [0.1, 0.15) is 49.8 Å². The van der Waals surface area contributed by atoms with Crippen LogP contribution in [0.4, 0.5) is 0 Å². The highest BCUT2D eigenvalue weighted by Gasteiger charge is 2.24. The smallest absolute Gasteiger partial charge is 0.119 e. The van der Waals surface area contributed by atoms with Crippen molar-refractivity contribution in [2.24, 2.45) is 0 Å². The largest absolute Gasteiger partial charge is 0.489 e. The maximum Gasteiger partial charge on any atom is 0.119 e. The van der Waals surface area contributed by atoms with Gasteiger partial charge in [0.05, 0.1) is 6.10 Å². The summed E-state index contributed by atoms with van der Waals surface area (Å²) >= 11 is 0. The van der Waals surface area contributed by atoms with Crippen molar-refractivity contribution in [3.63, 3.8) is 0 Å². The number of ether oxygens (including phenoxy) is 1. The molecule has 0 radical (unpaired) electrons. The van der Waals surface area contributed by atoms with Crippen LogP contribution in [-0.2, 0) is 6.61 Å². The van der Waals surface area contributed by atoms with Crippen molar-refractivity contribution in [1.29, 1.82) is 0 Å². The van der Waals surface area contributed by atoms with Gasteiger partial charge in [-0.15, -0.1) is 0 Å². The zero-order chi connectivity index (χ0) is 16.8. The van der Waals surface area contributed by atoms with Crippen molar-refractivity contribution < 1.29 is 9.84 Å². The Morgan fingerprint density at radius 2 is 2.00 bits per heavy atom. The number of pyridine rings is 1. The fraction of sp³-hybridized carbons (Fsp3) is 0.450. The predicted octanol–water partition coefficient (Wildman–Crippen LogP) is 3.61. The first-order valence-corrected chi connectivity index (χ1v) is 8.78. The number of aliphatic hydroxyl groups is 1. The van der Waals surface area contributed by atoms with Crippen molar-refractivity contribution in [3.05, 3.63) is 59.9 Å². The van der Waals surface area contributed by atoms with Gasteiger partial charge in [0, 0.05) is 30.0 Å². The Kier molecular flexibility index (Phi) is 5.83. The molecule has 1 aromatic heterocycles. The lowest BCUT2D eigenvalue weighted by Crippen LogP contribution is -2.43. The summed E-state index contributed by atoms with van der Waals surface area (Å²) in [7, 11) is 0. The molecule has 24 heavy (non-hydrogen) atoms. The van der Waals surface area contributed by atoms with Crippen LogP contribution in [0.5, 0.6) is 5.75 Å². The Bertz CT molecular complexity index is 615. The molecule has 4 heteroatoms. The Hall–Kier alpha value is -1.91. The fourth-order valence-electron chi connectivity index (χ4n) is 3.23. The summed E-state index contributed by atoms with van der Waals surface area (Å²) in [5, 5.41) is 13.7. The Morgan fingerprint density at radius 3 is 2.71 bits per heavy atom. The monoisotopic (exact) mass is 326 g/mol. The molecule has 0 amide bonds. The van der Waals surface area contributed by atoms with Crippen molar-refractivity contribution in [2.75, 3.05) is 0 Å². The van der Waals surface area contributed by atoms with Crippen molar-refractivity contribution >= 4 is 0 Å². The van der Waals surface area contributed by atoms with E-state index in [-0.39, 0.29) is 18.2 Å². The molecule has 2 aromatic rings. The molecule has 1 saturated carbocycles. The van der Waals surface area contributed by atoms with Gasteiger partial charge in [-0.25, -0.2) is 0 Å². The molecule has 3 rings (SSSR count). The van der Waals surface area contributed by atoms with E-state index in [1.165, 1.54) is 12.0 Å². The van der Waals surface area contributed by atoms with Gasteiger partial charge in [-0.2, -0.15) is 0 Å². The second-order valence-electron chi connectivity index (χ2n) is 6.57. The van der Waals surface area contributed by atoms with Gasteiger partial charge < -0.3 is 15.2 Å². The van der Waals surface area contributed by atoms with Crippen LogP contribution in [0.15, 0.2) is 48.8 Å². The fourth-order valence-corrected chi connectivity index (χ4v) is 3.23. The van der Waals surface area contributed by atoms with Crippen molar-refractivity contribution in [1.82, 2.24) is 10.3 Å². The molecule has 3 unspecified atom stereocenters. The Morgan fingerprint density at radius 1 is 1.21 bits per heavy atom. The SMILES string of the molecule is CC(NC1CCCCC1O)c1ccc(OCc2cccnc2)cc1. The minimum Gasteiger partial charge on any atom is -0.489 e. The lowest BCUT2D eigenvalue weighted by atomic mass is 9.91. The zero-order valence-electron chi connectivity index (χ0n) is 14.2. The number of aromatic nitrogens is 1. The quantitative estimate of drug-likeness (QED) is 0.851. The third kappa shape index (κ3) is 4.56. The van der Waals surface area contributed by atoms with E-state index in [1.54, 1.807) is 6.20 Å². The second kappa shape index (κ2) is 8.27. The summed E-state index contributed by atoms with van der Waals surface area (Å²) in [4.78, 5) is 4.09. The molecule has 4 nitrogen and oxygen atoms in total. The van der Waals surface area contributed by atoms with Gasteiger partial charge in [0.15, 0.2) is 0 Å². The van der Waals surface area contributed by atoms with Crippen LogP contribution in [0.25, 0.3) is 0 Å². The third-order valence-electron chi connectivity index (χ3n) is 4.70. The standard InChI is InChI=1S/C20H26N2O2/c1-15(22-19-6-2-3-7-20(19)23)17-8-10-18(11-9-17)24-14-16-5-4-12-21-13-16/h4-5,8-13,15,19-20,22-23H,2-3,6-7,14H2,1H3. The molecule has 1 aliphatic rings.